The van der Waals surface area contributed by atoms with Gasteiger partial charge in [0.05, 0.1) is 11.0 Å². The lowest BCUT2D eigenvalue weighted by Crippen LogP contribution is -2.00. The van der Waals surface area contributed by atoms with Crippen LogP contribution in [0.5, 0.6) is 0 Å². The Morgan fingerprint density at radius 3 is 1.52 bits per heavy atom. The van der Waals surface area contributed by atoms with Crippen LogP contribution >= 0.6 is 0 Å². The van der Waals surface area contributed by atoms with Crippen LogP contribution in [-0.2, 0) is 0 Å². The van der Waals surface area contributed by atoms with Crippen LogP contribution in [-0.4, -0.2) is 19.5 Å². The molecule has 0 saturated heterocycles. The minimum Gasteiger partial charge on any atom is -0.456 e. The molecule has 0 atom stereocenters. The molecule has 0 N–H and O–H groups in total. The molecule has 0 unspecified atom stereocenters. The van der Waals surface area contributed by atoms with Gasteiger partial charge in [-0.1, -0.05) is 140 Å². The SMILES string of the molecule is c1ccc(-c2cccc(-c3nc(-c4ccccc4)nc(-c4ccc5c(c4)oc4cc(-n6c7ccccc7c7cc(-c8ccccc8)ccc76)ccc45)n3)c2)cc1. The predicted octanol–water partition coefficient (Wildman–Crippen LogP) is 13.2. The van der Waals surface area contributed by atoms with E-state index in [1.165, 1.54) is 21.9 Å². The van der Waals surface area contributed by atoms with Crippen LogP contribution in [0.4, 0.5) is 0 Å². The monoisotopic (exact) mass is 716 g/mol. The predicted molar refractivity (Wildman–Crippen MR) is 229 cm³/mol. The highest BCUT2D eigenvalue weighted by Crippen LogP contribution is 2.38. The van der Waals surface area contributed by atoms with E-state index in [-0.39, 0.29) is 0 Å². The Morgan fingerprint density at radius 2 is 0.804 bits per heavy atom. The van der Waals surface area contributed by atoms with Crippen molar-refractivity contribution in [3.63, 3.8) is 0 Å². The number of hydrogen-bond donors (Lipinski definition) is 0. The van der Waals surface area contributed by atoms with Crippen LogP contribution in [0.2, 0.25) is 0 Å². The number of para-hydroxylation sites is 1. The molecule has 5 nitrogen and oxygen atoms in total. The number of benzene rings is 8. The van der Waals surface area contributed by atoms with Crippen LogP contribution in [0.15, 0.2) is 199 Å². The zero-order valence-corrected chi connectivity index (χ0v) is 30.2. The summed E-state index contributed by atoms with van der Waals surface area (Å²) >= 11 is 0. The quantitative estimate of drug-likeness (QED) is 0.172. The van der Waals surface area contributed by atoms with Gasteiger partial charge in [-0.05, 0) is 70.8 Å². The van der Waals surface area contributed by atoms with Gasteiger partial charge in [0.15, 0.2) is 17.5 Å². The summed E-state index contributed by atoms with van der Waals surface area (Å²) < 4.78 is 9.00. The van der Waals surface area contributed by atoms with E-state index in [0.717, 1.165) is 66.5 Å². The lowest BCUT2D eigenvalue weighted by molar-refractivity contribution is 0.668. The maximum atomic E-state index is 6.66. The molecular weight excluding hydrogens is 685 g/mol. The molecular formula is C51H32N4O. The van der Waals surface area contributed by atoms with Gasteiger partial charge in [0, 0.05) is 50.0 Å². The van der Waals surface area contributed by atoms with Crippen LogP contribution in [0, 0.1) is 0 Å². The molecule has 0 amide bonds. The third-order valence-corrected chi connectivity index (χ3v) is 10.6. The van der Waals surface area contributed by atoms with Crippen molar-refractivity contribution in [2.45, 2.75) is 0 Å². The molecule has 0 aliphatic carbocycles. The van der Waals surface area contributed by atoms with E-state index in [2.05, 4.69) is 162 Å². The van der Waals surface area contributed by atoms with Gasteiger partial charge in [-0.15, -0.1) is 0 Å². The summed E-state index contributed by atoms with van der Waals surface area (Å²) in [4.78, 5) is 15.0. The van der Waals surface area contributed by atoms with Gasteiger partial charge in [0.25, 0.3) is 0 Å². The van der Waals surface area contributed by atoms with Gasteiger partial charge in [-0.3, -0.25) is 0 Å². The largest absolute Gasteiger partial charge is 0.456 e. The van der Waals surface area contributed by atoms with Crippen molar-refractivity contribution in [1.82, 2.24) is 19.5 Å². The van der Waals surface area contributed by atoms with Gasteiger partial charge in [0.1, 0.15) is 11.2 Å². The lowest BCUT2D eigenvalue weighted by Gasteiger charge is -2.09. The number of furan rings is 1. The number of aromatic nitrogens is 4. The summed E-state index contributed by atoms with van der Waals surface area (Å²) in [5.41, 5.74) is 12.3. The Hall–Kier alpha value is -7.63. The number of hydrogen-bond acceptors (Lipinski definition) is 4. The summed E-state index contributed by atoms with van der Waals surface area (Å²) in [6.45, 7) is 0. The lowest BCUT2D eigenvalue weighted by atomic mass is 10.0. The summed E-state index contributed by atoms with van der Waals surface area (Å²) in [6.07, 6.45) is 0. The highest BCUT2D eigenvalue weighted by atomic mass is 16.3. The highest BCUT2D eigenvalue weighted by molar-refractivity contribution is 6.11. The van der Waals surface area contributed by atoms with E-state index < -0.39 is 0 Å². The second-order valence-corrected chi connectivity index (χ2v) is 14.1. The molecule has 0 aliphatic rings. The van der Waals surface area contributed by atoms with Crippen molar-refractivity contribution in [2.75, 3.05) is 0 Å². The fourth-order valence-corrected chi connectivity index (χ4v) is 7.92. The van der Waals surface area contributed by atoms with E-state index >= 15 is 0 Å². The molecule has 3 aromatic heterocycles. The summed E-state index contributed by atoms with van der Waals surface area (Å²) in [5.74, 6) is 1.82. The molecule has 11 rings (SSSR count). The van der Waals surface area contributed by atoms with Gasteiger partial charge < -0.3 is 8.98 Å². The van der Waals surface area contributed by atoms with Crippen LogP contribution in [0.3, 0.4) is 0 Å². The Labute approximate surface area is 322 Å². The van der Waals surface area contributed by atoms with Crippen molar-refractivity contribution in [3.8, 4) is 62.1 Å². The number of rotatable bonds is 6. The molecule has 0 spiro atoms. The minimum absolute atomic E-state index is 0.585. The maximum Gasteiger partial charge on any atom is 0.164 e. The molecule has 0 saturated carbocycles. The van der Waals surface area contributed by atoms with Crippen molar-refractivity contribution in [3.05, 3.63) is 194 Å². The molecule has 11 aromatic rings. The Balaban J connectivity index is 1.02. The summed E-state index contributed by atoms with van der Waals surface area (Å²) in [5, 5.41) is 4.53. The average molecular weight is 717 g/mol. The van der Waals surface area contributed by atoms with E-state index in [1.807, 2.05) is 36.4 Å². The normalized spacial score (nSPS) is 11.6. The molecule has 262 valence electrons. The average Bonchev–Trinajstić information content (AvgIpc) is 3.81. The Kier molecular flexibility index (Phi) is 7.42. The third kappa shape index (κ3) is 5.45. The second kappa shape index (κ2) is 13.0. The van der Waals surface area contributed by atoms with Crippen LogP contribution < -0.4 is 0 Å². The molecule has 3 heterocycles. The highest BCUT2D eigenvalue weighted by Gasteiger charge is 2.18. The molecule has 8 aromatic carbocycles. The van der Waals surface area contributed by atoms with E-state index in [1.54, 1.807) is 0 Å². The minimum atomic E-state index is 0.585. The Morgan fingerprint density at radius 1 is 0.304 bits per heavy atom. The number of fused-ring (bicyclic) bond motifs is 6. The maximum absolute atomic E-state index is 6.66. The van der Waals surface area contributed by atoms with Gasteiger partial charge in [0.2, 0.25) is 0 Å². The second-order valence-electron chi connectivity index (χ2n) is 14.1. The first-order valence-electron chi connectivity index (χ1n) is 18.8. The fourth-order valence-electron chi connectivity index (χ4n) is 7.92. The van der Waals surface area contributed by atoms with Crippen molar-refractivity contribution < 1.29 is 4.42 Å². The molecule has 0 aliphatic heterocycles. The summed E-state index contributed by atoms with van der Waals surface area (Å²) in [7, 11) is 0. The topological polar surface area (TPSA) is 56.7 Å². The molecule has 0 radical (unpaired) electrons. The van der Waals surface area contributed by atoms with E-state index in [4.69, 9.17) is 19.4 Å². The molecule has 56 heavy (non-hydrogen) atoms. The van der Waals surface area contributed by atoms with E-state index in [0.29, 0.717) is 17.5 Å². The Bertz CT molecular complexity index is 3240. The fraction of sp³-hybridized carbons (Fsp3) is 0. The van der Waals surface area contributed by atoms with E-state index in [9.17, 15) is 0 Å². The first-order chi connectivity index (χ1) is 27.7. The van der Waals surface area contributed by atoms with Gasteiger partial charge >= 0.3 is 0 Å². The smallest absolute Gasteiger partial charge is 0.164 e. The molecule has 0 bridgehead atoms. The first-order valence-corrected chi connectivity index (χ1v) is 18.8. The van der Waals surface area contributed by atoms with Crippen molar-refractivity contribution in [1.29, 1.82) is 0 Å². The van der Waals surface area contributed by atoms with Crippen LogP contribution in [0.1, 0.15) is 0 Å². The van der Waals surface area contributed by atoms with Gasteiger partial charge in [-0.25, -0.2) is 15.0 Å². The van der Waals surface area contributed by atoms with Crippen molar-refractivity contribution in [2.24, 2.45) is 0 Å². The zero-order chi connectivity index (χ0) is 37.0. The molecule has 5 heteroatoms. The number of nitrogens with zero attached hydrogens (tertiary/aromatic N) is 4. The zero-order valence-electron chi connectivity index (χ0n) is 30.2. The molecule has 0 fully saturated rings. The summed E-state index contributed by atoms with van der Waals surface area (Å²) in [6, 6.07) is 67.5. The third-order valence-electron chi connectivity index (χ3n) is 10.6. The van der Waals surface area contributed by atoms with Crippen molar-refractivity contribution >= 4 is 43.7 Å². The van der Waals surface area contributed by atoms with Crippen LogP contribution in [0.25, 0.3) is 106 Å². The van der Waals surface area contributed by atoms with Gasteiger partial charge in [-0.2, -0.15) is 0 Å². The first kappa shape index (κ1) is 31.9. The standard InChI is InChI=1S/C51H32N4O/c1-4-13-33(14-5-1)36-19-12-20-38(29-36)50-52-49(35-17-8-3-9-18-35)53-51(54-50)39-23-26-42-43-27-25-40(32-48(43)56-47(42)31-39)55-45-22-11-10-21-41(45)44-30-37(24-28-46(44)55)34-15-6-2-7-16-34/h1-32H.